The Hall–Kier alpha value is 0.220. The van der Waals surface area contributed by atoms with Crippen molar-refractivity contribution in [1.29, 1.82) is 0 Å². The topological polar surface area (TPSA) is 0 Å². The molecule has 0 rings (SSSR count). The van der Waals surface area contributed by atoms with Gasteiger partial charge in [0.15, 0.2) is 0 Å². The van der Waals surface area contributed by atoms with Gasteiger partial charge < -0.3 is 0 Å². The monoisotopic (exact) mass is 218 g/mol. The average molecular weight is 219 g/mol. The smallest absolute Gasteiger partial charge is 0.0226 e. The maximum absolute atomic E-state index is 3.29. The summed E-state index contributed by atoms with van der Waals surface area (Å²) in [6, 6.07) is 0. The summed E-state index contributed by atoms with van der Waals surface area (Å²) in [5.74, 6) is 1.59. The van der Waals surface area contributed by atoms with E-state index in [4.69, 9.17) is 0 Å². The molecule has 1 unspecified atom stereocenters. The molecule has 66 valence electrons. The third kappa shape index (κ3) is 8.12. The van der Waals surface area contributed by atoms with Crippen LogP contribution >= 0.6 is 15.9 Å². The molecule has 0 heterocycles. The van der Waals surface area contributed by atoms with Crippen molar-refractivity contribution in [2.75, 3.05) is 0 Å². The molecule has 11 heavy (non-hydrogen) atoms. The van der Waals surface area contributed by atoms with Crippen LogP contribution < -0.4 is 0 Å². The van der Waals surface area contributed by atoms with E-state index in [1.807, 2.05) is 4.99 Å². The Balaban J connectivity index is 3.24. The summed E-state index contributed by atoms with van der Waals surface area (Å²) in [6.45, 7) is 6.83. The Morgan fingerprint density at radius 2 is 1.82 bits per heavy atom. The number of allylic oxidation sites excluding steroid dienone is 1. The van der Waals surface area contributed by atoms with E-state index in [-0.39, 0.29) is 0 Å². The molecule has 0 aromatic carbocycles. The molecular weight excluding hydrogens is 200 g/mol. The molecule has 0 saturated carbocycles. The molecular formula is C10H19Br. The van der Waals surface area contributed by atoms with Crippen molar-refractivity contribution < 1.29 is 0 Å². The zero-order valence-corrected chi connectivity index (χ0v) is 9.39. The predicted molar refractivity (Wildman–Crippen MR) is 55.9 cm³/mol. The van der Waals surface area contributed by atoms with Gasteiger partial charge >= 0.3 is 0 Å². The summed E-state index contributed by atoms with van der Waals surface area (Å²) in [5.41, 5.74) is 0. The Morgan fingerprint density at radius 1 is 1.18 bits per heavy atom. The Bertz CT molecular complexity index is 105. The molecule has 0 saturated heterocycles. The minimum Gasteiger partial charge on any atom is -0.0748 e. The summed E-state index contributed by atoms with van der Waals surface area (Å²) in [5, 5.41) is 0. The lowest BCUT2D eigenvalue weighted by atomic mass is 10.00. The van der Waals surface area contributed by atoms with Crippen LogP contribution in [-0.2, 0) is 0 Å². The molecule has 0 amide bonds. The van der Waals surface area contributed by atoms with Gasteiger partial charge in [0.1, 0.15) is 0 Å². The first kappa shape index (κ1) is 11.2. The van der Waals surface area contributed by atoms with Crippen molar-refractivity contribution in [3.63, 3.8) is 0 Å². The van der Waals surface area contributed by atoms with Gasteiger partial charge in [-0.2, -0.15) is 0 Å². The van der Waals surface area contributed by atoms with Gasteiger partial charge in [-0.1, -0.05) is 55.6 Å². The molecule has 0 bridgehead atoms. The van der Waals surface area contributed by atoms with Gasteiger partial charge in [-0.25, -0.2) is 0 Å². The van der Waals surface area contributed by atoms with Crippen LogP contribution in [0.5, 0.6) is 0 Å². The highest BCUT2D eigenvalue weighted by Gasteiger charge is 1.98. The van der Waals surface area contributed by atoms with Gasteiger partial charge in [-0.3, -0.25) is 0 Å². The van der Waals surface area contributed by atoms with Crippen LogP contribution in [-0.4, -0.2) is 0 Å². The summed E-state index contributed by atoms with van der Waals surface area (Å²) < 4.78 is 0. The third-order valence-corrected chi connectivity index (χ3v) is 2.15. The zero-order chi connectivity index (χ0) is 8.69. The lowest BCUT2D eigenvalue weighted by Gasteiger charge is -2.06. The molecule has 0 radical (unpaired) electrons. The molecule has 0 aliphatic rings. The standard InChI is InChI=1S/C10H19Br/c1-9(2)5-4-6-10(3)7-8-11/h7-10H,4-6H2,1-3H3. The van der Waals surface area contributed by atoms with Crippen molar-refractivity contribution in [3.8, 4) is 0 Å². The fourth-order valence-electron chi connectivity index (χ4n) is 1.07. The SMILES string of the molecule is CC(C)CCCC(C)C=CBr. The van der Waals surface area contributed by atoms with Gasteiger partial charge in [0.05, 0.1) is 0 Å². The second-order valence-corrected chi connectivity index (χ2v) is 4.15. The summed E-state index contributed by atoms with van der Waals surface area (Å²) in [7, 11) is 0. The van der Waals surface area contributed by atoms with Gasteiger partial charge in [0.25, 0.3) is 0 Å². The molecule has 1 atom stereocenters. The zero-order valence-electron chi connectivity index (χ0n) is 7.81. The second kappa shape index (κ2) is 6.90. The number of halogens is 1. The van der Waals surface area contributed by atoms with E-state index in [9.17, 15) is 0 Å². The van der Waals surface area contributed by atoms with Crippen molar-refractivity contribution >= 4 is 15.9 Å². The summed E-state index contributed by atoms with van der Waals surface area (Å²) >= 11 is 3.29. The first-order valence-electron chi connectivity index (χ1n) is 4.43. The number of hydrogen-bond donors (Lipinski definition) is 0. The van der Waals surface area contributed by atoms with Crippen molar-refractivity contribution in [3.05, 3.63) is 11.1 Å². The van der Waals surface area contributed by atoms with Gasteiger partial charge in [-0.15, -0.1) is 0 Å². The lowest BCUT2D eigenvalue weighted by molar-refractivity contribution is 0.502. The Kier molecular flexibility index (Phi) is 7.04. The van der Waals surface area contributed by atoms with Crippen molar-refractivity contribution in [1.82, 2.24) is 0 Å². The second-order valence-electron chi connectivity index (χ2n) is 3.62. The largest absolute Gasteiger partial charge is 0.0748 e. The first-order chi connectivity index (χ1) is 5.16. The molecule has 0 spiro atoms. The van der Waals surface area contributed by atoms with Crippen LogP contribution in [0.2, 0.25) is 0 Å². The van der Waals surface area contributed by atoms with Crippen LogP contribution in [0.15, 0.2) is 11.1 Å². The van der Waals surface area contributed by atoms with Crippen LogP contribution in [0, 0.1) is 11.8 Å². The highest BCUT2D eigenvalue weighted by Crippen LogP contribution is 2.13. The summed E-state index contributed by atoms with van der Waals surface area (Å²) in [6.07, 6.45) is 6.25. The lowest BCUT2D eigenvalue weighted by Crippen LogP contribution is -1.92. The van der Waals surface area contributed by atoms with Crippen LogP contribution in [0.4, 0.5) is 0 Å². The molecule has 1 heteroatoms. The highest BCUT2D eigenvalue weighted by molar-refractivity contribution is 9.11. The predicted octanol–water partition coefficient (Wildman–Crippen LogP) is 4.36. The van der Waals surface area contributed by atoms with E-state index >= 15 is 0 Å². The van der Waals surface area contributed by atoms with E-state index < -0.39 is 0 Å². The quantitative estimate of drug-likeness (QED) is 0.644. The van der Waals surface area contributed by atoms with Crippen molar-refractivity contribution in [2.45, 2.75) is 40.0 Å². The van der Waals surface area contributed by atoms with E-state index in [0.717, 1.165) is 11.8 Å². The van der Waals surface area contributed by atoms with Crippen LogP contribution in [0.25, 0.3) is 0 Å². The Labute approximate surface area is 79.2 Å². The van der Waals surface area contributed by atoms with E-state index in [1.54, 1.807) is 0 Å². The van der Waals surface area contributed by atoms with E-state index in [0.29, 0.717) is 0 Å². The Morgan fingerprint density at radius 3 is 2.27 bits per heavy atom. The molecule has 0 aromatic heterocycles. The first-order valence-corrected chi connectivity index (χ1v) is 5.35. The van der Waals surface area contributed by atoms with Gasteiger partial charge in [0.2, 0.25) is 0 Å². The molecule has 0 fully saturated rings. The van der Waals surface area contributed by atoms with E-state index in [2.05, 4.69) is 42.8 Å². The average Bonchev–Trinajstić information content (AvgIpc) is 1.87. The molecule has 0 aliphatic carbocycles. The molecule has 0 aliphatic heterocycles. The number of rotatable bonds is 5. The minimum atomic E-state index is 0.730. The fraction of sp³-hybridized carbons (Fsp3) is 0.800. The van der Waals surface area contributed by atoms with E-state index in [1.165, 1.54) is 19.3 Å². The number of hydrogen-bond acceptors (Lipinski definition) is 0. The molecule has 0 N–H and O–H groups in total. The van der Waals surface area contributed by atoms with Gasteiger partial charge in [-0.05, 0) is 23.2 Å². The third-order valence-electron chi connectivity index (χ3n) is 1.84. The van der Waals surface area contributed by atoms with Crippen LogP contribution in [0.1, 0.15) is 40.0 Å². The maximum atomic E-state index is 3.29. The molecule has 0 nitrogen and oxygen atoms in total. The minimum absolute atomic E-state index is 0.730. The van der Waals surface area contributed by atoms with Crippen molar-refractivity contribution in [2.24, 2.45) is 11.8 Å². The van der Waals surface area contributed by atoms with Gasteiger partial charge in [0, 0.05) is 0 Å². The summed E-state index contributed by atoms with van der Waals surface area (Å²) in [4.78, 5) is 1.97. The molecule has 0 aromatic rings. The fourth-order valence-corrected chi connectivity index (χ4v) is 1.59. The maximum Gasteiger partial charge on any atom is -0.0226 e. The highest BCUT2D eigenvalue weighted by atomic mass is 79.9. The van der Waals surface area contributed by atoms with Crippen LogP contribution in [0.3, 0.4) is 0 Å². The normalized spacial score (nSPS) is 14.6.